The summed E-state index contributed by atoms with van der Waals surface area (Å²) >= 11 is 0. The normalized spacial score (nSPS) is 14.5. The van der Waals surface area contributed by atoms with E-state index in [1.54, 1.807) is 24.4 Å². The molecule has 0 spiro atoms. The van der Waals surface area contributed by atoms with Crippen LogP contribution in [0.15, 0.2) is 60.9 Å². The number of carbonyl (C=O) groups is 2. The van der Waals surface area contributed by atoms with Crippen LogP contribution >= 0.6 is 0 Å². The number of carbonyl (C=O) groups excluding carboxylic acids is 2. The highest BCUT2D eigenvalue weighted by molar-refractivity contribution is 6.07. The lowest BCUT2D eigenvalue weighted by molar-refractivity contribution is -0.117. The molecule has 5 rings (SSSR count). The lowest BCUT2D eigenvalue weighted by atomic mass is 9.79. The van der Waals surface area contributed by atoms with Crippen molar-refractivity contribution >= 4 is 45.9 Å². The number of benzene rings is 1. The maximum atomic E-state index is 13.0. The molecule has 0 aliphatic carbocycles. The molecule has 4 N–H and O–H groups in total. The molecule has 4 heterocycles. The Morgan fingerprint density at radius 3 is 2.88 bits per heavy atom. The zero-order valence-corrected chi connectivity index (χ0v) is 17.7. The highest BCUT2D eigenvalue weighted by Gasteiger charge is 2.33. The fraction of sp³-hybridized carbons (Fsp3) is 0.167. The molecule has 0 unspecified atom stereocenters. The first-order valence-corrected chi connectivity index (χ1v) is 10.3. The Bertz CT molecular complexity index is 1360. The summed E-state index contributed by atoms with van der Waals surface area (Å²) in [5, 5.41) is 9.93. The number of amides is 2. The average molecular weight is 426 g/mol. The van der Waals surface area contributed by atoms with Crippen molar-refractivity contribution in [2.45, 2.75) is 25.7 Å². The van der Waals surface area contributed by atoms with Crippen LogP contribution < -0.4 is 16.0 Å². The second-order valence-corrected chi connectivity index (χ2v) is 8.46. The van der Waals surface area contributed by atoms with Gasteiger partial charge in [-0.1, -0.05) is 26.0 Å². The van der Waals surface area contributed by atoms with Crippen LogP contribution in [-0.2, 0) is 10.2 Å². The summed E-state index contributed by atoms with van der Waals surface area (Å²) in [6.07, 6.45) is 3.90. The standard InChI is InChI=1S/C24H22N6O2/c1-24(2)13-20(31)30-22-17(24)7-8-19(28-22)29-23(32)16-4-3-10-26-21(16)27-15-6-5-14-9-11-25-18(14)12-15/h3-12,25H,13H2,1-2H3,(H,26,27)(H2,28,29,30,31,32). The van der Waals surface area contributed by atoms with E-state index in [-0.39, 0.29) is 17.2 Å². The van der Waals surface area contributed by atoms with Gasteiger partial charge in [-0.3, -0.25) is 9.59 Å². The minimum atomic E-state index is -0.351. The van der Waals surface area contributed by atoms with Crippen LogP contribution in [0.4, 0.5) is 23.1 Å². The van der Waals surface area contributed by atoms with Crippen LogP contribution in [0, 0.1) is 0 Å². The van der Waals surface area contributed by atoms with Gasteiger partial charge in [0.2, 0.25) is 5.91 Å². The maximum absolute atomic E-state index is 13.0. The van der Waals surface area contributed by atoms with Crippen LogP contribution in [0.2, 0.25) is 0 Å². The van der Waals surface area contributed by atoms with Crippen LogP contribution in [0.25, 0.3) is 10.9 Å². The Labute approximate surface area is 184 Å². The van der Waals surface area contributed by atoms with Crippen molar-refractivity contribution in [3.05, 3.63) is 72.1 Å². The highest BCUT2D eigenvalue weighted by atomic mass is 16.2. The number of fused-ring (bicyclic) bond motifs is 2. The number of hydrogen-bond acceptors (Lipinski definition) is 5. The van der Waals surface area contributed by atoms with E-state index in [0.29, 0.717) is 29.4 Å². The molecule has 0 radical (unpaired) electrons. The van der Waals surface area contributed by atoms with Crippen molar-refractivity contribution in [3.8, 4) is 0 Å². The third kappa shape index (κ3) is 3.66. The van der Waals surface area contributed by atoms with Crippen molar-refractivity contribution in [1.82, 2.24) is 15.0 Å². The average Bonchev–Trinajstić information content (AvgIpc) is 3.21. The van der Waals surface area contributed by atoms with E-state index in [9.17, 15) is 9.59 Å². The van der Waals surface area contributed by atoms with Crippen LogP contribution in [0.5, 0.6) is 0 Å². The Balaban J connectivity index is 1.40. The number of rotatable bonds is 4. The van der Waals surface area contributed by atoms with Gasteiger partial charge in [-0.2, -0.15) is 0 Å². The quantitative estimate of drug-likeness (QED) is 0.382. The van der Waals surface area contributed by atoms with E-state index in [1.165, 1.54) is 0 Å². The Kier molecular flexibility index (Phi) is 4.62. The number of aromatic amines is 1. The number of aromatic nitrogens is 3. The molecule has 2 amide bonds. The van der Waals surface area contributed by atoms with Gasteiger partial charge in [-0.05, 0) is 41.8 Å². The second kappa shape index (κ2) is 7.49. The fourth-order valence-electron chi connectivity index (χ4n) is 3.98. The summed E-state index contributed by atoms with van der Waals surface area (Å²) < 4.78 is 0. The number of pyridine rings is 2. The summed E-state index contributed by atoms with van der Waals surface area (Å²) in [5.74, 6) is 0.831. The first-order chi connectivity index (χ1) is 15.4. The van der Waals surface area contributed by atoms with Crippen LogP contribution in [-0.4, -0.2) is 26.8 Å². The Morgan fingerprint density at radius 2 is 2.00 bits per heavy atom. The molecule has 160 valence electrons. The molecule has 0 saturated heterocycles. The minimum absolute atomic E-state index is 0.0868. The van der Waals surface area contributed by atoms with Crippen molar-refractivity contribution in [2.24, 2.45) is 0 Å². The Hall–Kier alpha value is -4.20. The fourth-order valence-corrected chi connectivity index (χ4v) is 3.98. The zero-order chi connectivity index (χ0) is 22.3. The Morgan fingerprint density at radius 1 is 1.12 bits per heavy atom. The summed E-state index contributed by atoms with van der Waals surface area (Å²) in [4.78, 5) is 37.0. The van der Waals surface area contributed by atoms with E-state index in [0.717, 1.165) is 22.2 Å². The third-order valence-electron chi connectivity index (χ3n) is 5.60. The molecule has 0 bridgehead atoms. The van der Waals surface area contributed by atoms with E-state index >= 15 is 0 Å². The molecule has 3 aromatic heterocycles. The zero-order valence-electron chi connectivity index (χ0n) is 17.7. The summed E-state index contributed by atoms with van der Waals surface area (Å²) in [5.41, 5.74) is 2.81. The van der Waals surface area contributed by atoms with Gasteiger partial charge in [0.1, 0.15) is 17.5 Å². The van der Waals surface area contributed by atoms with E-state index < -0.39 is 0 Å². The lowest BCUT2D eigenvalue weighted by Crippen LogP contribution is -2.33. The number of anilines is 4. The van der Waals surface area contributed by atoms with Crippen molar-refractivity contribution in [3.63, 3.8) is 0 Å². The molecular weight excluding hydrogens is 404 g/mol. The van der Waals surface area contributed by atoms with E-state index in [2.05, 4.69) is 30.9 Å². The number of nitrogens with zero attached hydrogens (tertiary/aromatic N) is 2. The van der Waals surface area contributed by atoms with Gasteiger partial charge >= 0.3 is 0 Å². The van der Waals surface area contributed by atoms with Crippen LogP contribution in [0.1, 0.15) is 36.2 Å². The van der Waals surface area contributed by atoms with Gasteiger partial charge in [-0.15, -0.1) is 0 Å². The molecule has 1 aliphatic rings. The SMILES string of the molecule is CC1(C)CC(=O)Nc2nc(NC(=O)c3cccnc3Nc3ccc4cc[nH]c4c3)ccc21. The molecule has 4 aromatic rings. The molecule has 0 saturated carbocycles. The molecule has 8 heteroatoms. The van der Waals surface area contributed by atoms with Gasteiger partial charge < -0.3 is 20.9 Å². The van der Waals surface area contributed by atoms with Crippen LogP contribution in [0.3, 0.4) is 0 Å². The molecule has 0 fully saturated rings. The molecule has 0 atom stereocenters. The lowest BCUT2D eigenvalue weighted by Gasteiger charge is -2.31. The smallest absolute Gasteiger partial charge is 0.260 e. The predicted octanol–water partition coefficient (Wildman–Crippen LogP) is 4.57. The number of nitrogens with one attached hydrogen (secondary N) is 4. The third-order valence-corrected chi connectivity index (χ3v) is 5.60. The largest absolute Gasteiger partial charge is 0.361 e. The number of hydrogen-bond donors (Lipinski definition) is 4. The molecule has 1 aromatic carbocycles. The molecule has 32 heavy (non-hydrogen) atoms. The van der Waals surface area contributed by atoms with E-state index in [1.807, 2.05) is 50.4 Å². The first kappa shape index (κ1) is 19.7. The second-order valence-electron chi connectivity index (χ2n) is 8.46. The highest BCUT2D eigenvalue weighted by Crippen LogP contribution is 2.36. The summed E-state index contributed by atoms with van der Waals surface area (Å²) in [6.45, 7) is 4.01. The first-order valence-electron chi connectivity index (χ1n) is 10.3. The monoisotopic (exact) mass is 426 g/mol. The predicted molar refractivity (Wildman–Crippen MR) is 124 cm³/mol. The molecule has 1 aliphatic heterocycles. The topological polar surface area (TPSA) is 112 Å². The van der Waals surface area contributed by atoms with Crippen molar-refractivity contribution < 1.29 is 9.59 Å². The van der Waals surface area contributed by atoms with Gasteiger partial charge in [0.15, 0.2) is 0 Å². The van der Waals surface area contributed by atoms with Gasteiger partial charge in [0.25, 0.3) is 5.91 Å². The molecular formula is C24H22N6O2. The summed E-state index contributed by atoms with van der Waals surface area (Å²) in [7, 11) is 0. The summed E-state index contributed by atoms with van der Waals surface area (Å²) in [6, 6.07) is 14.9. The van der Waals surface area contributed by atoms with Gasteiger partial charge in [-0.25, -0.2) is 9.97 Å². The maximum Gasteiger partial charge on any atom is 0.260 e. The van der Waals surface area contributed by atoms with Crippen molar-refractivity contribution in [2.75, 3.05) is 16.0 Å². The minimum Gasteiger partial charge on any atom is -0.361 e. The van der Waals surface area contributed by atoms with E-state index in [4.69, 9.17) is 0 Å². The van der Waals surface area contributed by atoms with Gasteiger partial charge in [0.05, 0.1) is 5.56 Å². The van der Waals surface area contributed by atoms with Gasteiger partial charge in [0, 0.05) is 41.0 Å². The molecule has 8 nitrogen and oxygen atoms in total. The number of H-pyrrole nitrogens is 1. The van der Waals surface area contributed by atoms with Crippen molar-refractivity contribution in [1.29, 1.82) is 0 Å².